The molecule has 1 aromatic rings. The Bertz CT molecular complexity index is 446. The first-order chi connectivity index (χ1) is 10.2. The SMILES string of the molecule is Cc1ccc(NC(=O)N2CCCN(CCCN)CC2)cc1. The van der Waals surface area contributed by atoms with Crippen LogP contribution in [0.5, 0.6) is 0 Å². The van der Waals surface area contributed by atoms with Crippen molar-refractivity contribution in [2.45, 2.75) is 19.8 Å². The van der Waals surface area contributed by atoms with Crippen molar-refractivity contribution >= 4 is 11.7 Å². The lowest BCUT2D eigenvalue weighted by Gasteiger charge is -2.22. The average molecular weight is 290 g/mol. The Labute approximate surface area is 127 Å². The summed E-state index contributed by atoms with van der Waals surface area (Å²) in [7, 11) is 0. The molecule has 0 saturated carbocycles. The standard InChI is InChI=1S/C16H26N4O/c1-14-4-6-15(7-5-14)18-16(21)20-11-3-10-19(12-13-20)9-2-8-17/h4-7H,2-3,8-13,17H2,1H3,(H,18,21). The lowest BCUT2D eigenvalue weighted by atomic mass is 10.2. The molecule has 2 amide bonds. The zero-order chi connectivity index (χ0) is 15.1. The highest BCUT2D eigenvalue weighted by molar-refractivity contribution is 5.89. The fraction of sp³-hybridized carbons (Fsp3) is 0.562. The van der Waals surface area contributed by atoms with E-state index in [-0.39, 0.29) is 6.03 Å². The van der Waals surface area contributed by atoms with Gasteiger partial charge in [-0.05, 0) is 51.5 Å². The molecule has 1 saturated heterocycles. The number of hydrogen-bond donors (Lipinski definition) is 2. The van der Waals surface area contributed by atoms with E-state index in [9.17, 15) is 4.79 Å². The fourth-order valence-corrected chi connectivity index (χ4v) is 2.55. The van der Waals surface area contributed by atoms with Crippen LogP contribution in [0, 0.1) is 6.92 Å². The normalized spacial score (nSPS) is 16.6. The Balaban J connectivity index is 1.83. The number of rotatable bonds is 4. The van der Waals surface area contributed by atoms with Gasteiger partial charge in [0.05, 0.1) is 0 Å². The van der Waals surface area contributed by atoms with Gasteiger partial charge in [0.15, 0.2) is 0 Å². The minimum absolute atomic E-state index is 0.000437. The molecule has 0 aliphatic carbocycles. The third-order valence-corrected chi connectivity index (χ3v) is 3.86. The zero-order valence-corrected chi connectivity index (χ0v) is 12.8. The largest absolute Gasteiger partial charge is 0.330 e. The number of hydrogen-bond acceptors (Lipinski definition) is 3. The number of benzene rings is 1. The van der Waals surface area contributed by atoms with Crippen LogP contribution in [0.25, 0.3) is 0 Å². The number of aryl methyl sites for hydroxylation is 1. The molecular weight excluding hydrogens is 264 g/mol. The van der Waals surface area contributed by atoms with Crippen molar-refractivity contribution in [3.8, 4) is 0 Å². The van der Waals surface area contributed by atoms with Gasteiger partial charge in [-0.3, -0.25) is 0 Å². The van der Waals surface area contributed by atoms with Crippen LogP contribution >= 0.6 is 0 Å². The highest BCUT2D eigenvalue weighted by atomic mass is 16.2. The number of carbonyl (C=O) groups excluding carboxylic acids is 1. The smallest absolute Gasteiger partial charge is 0.321 e. The molecule has 116 valence electrons. The Morgan fingerprint density at radius 3 is 2.67 bits per heavy atom. The Morgan fingerprint density at radius 1 is 1.19 bits per heavy atom. The van der Waals surface area contributed by atoms with Crippen molar-refractivity contribution in [2.75, 3.05) is 44.6 Å². The number of nitrogens with two attached hydrogens (primary N) is 1. The van der Waals surface area contributed by atoms with Gasteiger partial charge < -0.3 is 20.9 Å². The molecule has 1 heterocycles. The van der Waals surface area contributed by atoms with E-state index in [4.69, 9.17) is 5.73 Å². The number of amides is 2. The minimum Gasteiger partial charge on any atom is -0.330 e. The summed E-state index contributed by atoms with van der Waals surface area (Å²) in [6, 6.07) is 7.90. The fourth-order valence-electron chi connectivity index (χ4n) is 2.55. The molecule has 2 rings (SSSR count). The third kappa shape index (κ3) is 5.02. The van der Waals surface area contributed by atoms with E-state index in [1.54, 1.807) is 0 Å². The van der Waals surface area contributed by atoms with E-state index in [1.165, 1.54) is 5.56 Å². The van der Waals surface area contributed by atoms with E-state index < -0.39 is 0 Å². The van der Waals surface area contributed by atoms with Gasteiger partial charge in [-0.1, -0.05) is 17.7 Å². The summed E-state index contributed by atoms with van der Waals surface area (Å²) in [4.78, 5) is 16.6. The van der Waals surface area contributed by atoms with Crippen molar-refractivity contribution in [3.05, 3.63) is 29.8 Å². The molecule has 21 heavy (non-hydrogen) atoms. The van der Waals surface area contributed by atoms with E-state index >= 15 is 0 Å². The predicted octanol–water partition coefficient (Wildman–Crippen LogP) is 1.88. The quantitative estimate of drug-likeness (QED) is 0.890. The molecule has 1 aromatic carbocycles. The van der Waals surface area contributed by atoms with Crippen LogP contribution in [-0.2, 0) is 0 Å². The van der Waals surface area contributed by atoms with E-state index in [1.807, 2.05) is 36.1 Å². The van der Waals surface area contributed by atoms with Gasteiger partial charge in [-0.15, -0.1) is 0 Å². The molecule has 0 bridgehead atoms. The first kappa shape index (κ1) is 15.8. The second kappa shape index (κ2) is 8.00. The minimum atomic E-state index is -0.000437. The van der Waals surface area contributed by atoms with Crippen molar-refractivity contribution in [1.29, 1.82) is 0 Å². The van der Waals surface area contributed by atoms with Gasteiger partial charge in [-0.2, -0.15) is 0 Å². The summed E-state index contributed by atoms with van der Waals surface area (Å²) in [5.41, 5.74) is 7.60. The van der Waals surface area contributed by atoms with Crippen LogP contribution in [0.2, 0.25) is 0 Å². The molecule has 0 spiro atoms. The highest BCUT2D eigenvalue weighted by Gasteiger charge is 2.18. The maximum Gasteiger partial charge on any atom is 0.321 e. The number of anilines is 1. The van der Waals surface area contributed by atoms with Gasteiger partial charge in [-0.25, -0.2) is 4.79 Å². The molecule has 1 aliphatic rings. The predicted molar refractivity (Wildman–Crippen MR) is 86.5 cm³/mol. The number of nitrogens with one attached hydrogen (secondary N) is 1. The summed E-state index contributed by atoms with van der Waals surface area (Å²) in [6.45, 7) is 7.38. The van der Waals surface area contributed by atoms with Gasteiger partial charge >= 0.3 is 6.03 Å². The molecule has 1 aliphatic heterocycles. The highest BCUT2D eigenvalue weighted by Crippen LogP contribution is 2.11. The second-order valence-corrected chi connectivity index (χ2v) is 5.62. The van der Waals surface area contributed by atoms with E-state index in [0.29, 0.717) is 0 Å². The second-order valence-electron chi connectivity index (χ2n) is 5.62. The van der Waals surface area contributed by atoms with Crippen molar-refractivity contribution < 1.29 is 4.79 Å². The lowest BCUT2D eigenvalue weighted by molar-refractivity contribution is 0.211. The number of nitrogens with zero attached hydrogens (tertiary/aromatic N) is 2. The molecule has 1 fully saturated rings. The van der Waals surface area contributed by atoms with Crippen LogP contribution in [0.3, 0.4) is 0 Å². The molecule has 0 atom stereocenters. The Hall–Kier alpha value is -1.59. The molecule has 5 nitrogen and oxygen atoms in total. The maximum atomic E-state index is 12.3. The number of urea groups is 1. The zero-order valence-electron chi connectivity index (χ0n) is 12.8. The monoisotopic (exact) mass is 290 g/mol. The summed E-state index contributed by atoms with van der Waals surface area (Å²) in [6.07, 6.45) is 2.04. The van der Waals surface area contributed by atoms with Gasteiger partial charge in [0.1, 0.15) is 0 Å². The van der Waals surface area contributed by atoms with Crippen LogP contribution in [0.15, 0.2) is 24.3 Å². The van der Waals surface area contributed by atoms with Crippen molar-refractivity contribution in [3.63, 3.8) is 0 Å². The van der Waals surface area contributed by atoms with E-state index in [0.717, 1.165) is 57.8 Å². The Morgan fingerprint density at radius 2 is 1.95 bits per heavy atom. The topological polar surface area (TPSA) is 61.6 Å². The molecule has 0 unspecified atom stereocenters. The molecule has 3 N–H and O–H groups in total. The first-order valence-electron chi connectivity index (χ1n) is 7.74. The van der Waals surface area contributed by atoms with Gasteiger partial charge in [0.2, 0.25) is 0 Å². The third-order valence-electron chi connectivity index (χ3n) is 3.86. The summed E-state index contributed by atoms with van der Waals surface area (Å²) in [5.74, 6) is 0. The van der Waals surface area contributed by atoms with Crippen LogP contribution in [-0.4, -0.2) is 55.1 Å². The molecule has 5 heteroatoms. The lowest BCUT2D eigenvalue weighted by Crippen LogP contribution is -2.38. The van der Waals surface area contributed by atoms with Crippen LogP contribution in [0.4, 0.5) is 10.5 Å². The van der Waals surface area contributed by atoms with E-state index in [2.05, 4.69) is 10.2 Å². The van der Waals surface area contributed by atoms with Crippen molar-refractivity contribution in [2.24, 2.45) is 5.73 Å². The molecule has 0 aromatic heterocycles. The van der Waals surface area contributed by atoms with Gasteiger partial charge in [0, 0.05) is 25.3 Å². The Kier molecular flexibility index (Phi) is 6.02. The van der Waals surface area contributed by atoms with Crippen LogP contribution in [0.1, 0.15) is 18.4 Å². The summed E-state index contributed by atoms with van der Waals surface area (Å²) in [5, 5.41) is 2.97. The number of carbonyl (C=O) groups is 1. The molecule has 0 radical (unpaired) electrons. The maximum absolute atomic E-state index is 12.3. The molecular formula is C16H26N4O. The summed E-state index contributed by atoms with van der Waals surface area (Å²) >= 11 is 0. The van der Waals surface area contributed by atoms with Gasteiger partial charge in [0.25, 0.3) is 0 Å². The van der Waals surface area contributed by atoms with Crippen LogP contribution < -0.4 is 11.1 Å². The first-order valence-corrected chi connectivity index (χ1v) is 7.74. The van der Waals surface area contributed by atoms with Crippen molar-refractivity contribution in [1.82, 2.24) is 9.80 Å². The average Bonchev–Trinajstić information content (AvgIpc) is 2.73. The summed E-state index contributed by atoms with van der Waals surface area (Å²) < 4.78 is 0.